The fourth-order valence-corrected chi connectivity index (χ4v) is 3.77. The van der Waals surface area contributed by atoms with Crippen molar-refractivity contribution in [2.24, 2.45) is 0 Å². The van der Waals surface area contributed by atoms with Crippen LogP contribution in [-0.2, 0) is 11.3 Å². The quantitative estimate of drug-likeness (QED) is 0.448. The molecule has 13 heteroatoms. The number of nitrogens with zero attached hydrogens (tertiary/aromatic N) is 4. The molecule has 0 fully saturated rings. The minimum atomic E-state index is -4.66. The monoisotopic (exact) mass is 389 g/mol. The molecule has 0 amide bonds. The number of aromatic nitrogens is 4. The van der Waals surface area contributed by atoms with E-state index in [2.05, 4.69) is 15.0 Å². The highest BCUT2D eigenvalue weighted by molar-refractivity contribution is 7.57. The Morgan fingerprint density at radius 2 is 1.68 bits per heavy atom. The molecule has 0 unspecified atom stereocenters. The van der Waals surface area contributed by atoms with Crippen molar-refractivity contribution in [1.82, 2.24) is 19.5 Å². The summed E-state index contributed by atoms with van der Waals surface area (Å²) in [5.74, 6) is 0.170. The van der Waals surface area contributed by atoms with Crippen molar-refractivity contribution in [3.05, 3.63) is 12.7 Å². The smallest absolute Gasteiger partial charge is 0.382 e. The van der Waals surface area contributed by atoms with Gasteiger partial charge in [0.05, 0.1) is 31.6 Å². The van der Waals surface area contributed by atoms with Gasteiger partial charge >= 0.3 is 12.4 Å². The average molecular weight is 389 g/mol. The van der Waals surface area contributed by atoms with Gasteiger partial charge in [0, 0.05) is 6.54 Å². The van der Waals surface area contributed by atoms with E-state index in [0.29, 0.717) is 11.2 Å². The lowest BCUT2D eigenvalue weighted by Gasteiger charge is -2.20. The fourth-order valence-electron chi connectivity index (χ4n) is 2.07. The summed E-state index contributed by atoms with van der Waals surface area (Å²) in [5.41, 5.74) is 6.38. The molecule has 0 saturated heterocycles. The molecule has 2 heterocycles. The number of alkyl halides is 6. The minimum Gasteiger partial charge on any atom is -0.382 e. The molecule has 2 rings (SSSR count). The number of hydrogen-bond acceptors (Lipinski definition) is 5. The van der Waals surface area contributed by atoms with Crippen molar-refractivity contribution in [3.8, 4) is 0 Å². The van der Waals surface area contributed by atoms with Gasteiger partial charge in [-0.3, -0.25) is 0 Å². The summed E-state index contributed by atoms with van der Waals surface area (Å²) in [5, 5.41) is 0. The fraction of sp³-hybridized carbons (Fsp3) is 0.583. The molecular weight excluding hydrogens is 375 g/mol. The van der Waals surface area contributed by atoms with Crippen LogP contribution in [0, 0.1) is 0 Å². The highest BCUT2D eigenvalue weighted by atomic mass is 31.1. The van der Waals surface area contributed by atoms with Crippen LogP contribution in [-0.4, -0.2) is 57.2 Å². The number of rotatable bonds is 7. The summed E-state index contributed by atoms with van der Waals surface area (Å²) in [6.07, 6.45) is -10.3. The molecule has 25 heavy (non-hydrogen) atoms. The molecule has 0 saturated carbocycles. The van der Waals surface area contributed by atoms with Gasteiger partial charge in [0.1, 0.15) is 11.8 Å². The predicted molar refractivity (Wildman–Crippen MR) is 79.3 cm³/mol. The Morgan fingerprint density at radius 3 is 2.28 bits per heavy atom. The van der Waals surface area contributed by atoms with Crippen LogP contribution in [0.25, 0.3) is 11.2 Å². The molecule has 0 aromatic carbocycles. The van der Waals surface area contributed by atoms with Crippen molar-refractivity contribution < 1.29 is 31.1 Å². The van der Waals surface area contributed by atoms with Crippen LogP contribution >= 0.6 is 7.92 Å². The molecule has 0 aliphatic rings. The number of imidazole rings is 1. The summed E-state index contributed by atoms with van der Waals surface area (Å²) in [7, 11) is -2.39. The summed E-state index contributed by atoms with van der Waals surface area (Å²) < 4.78 is 80.9. The number of nitrogens with two attached hydrogens (primary N) is 1. The highest BCUT2D eigenvalue weighted by Gasteiger charge is 2.38. The van der Waals surface area contributed by atoms with Crippen LogP contribution in [0.3, 0.4) is 0 Å². The molecule has 2 aromatic rings. The summed E-state index contributed by atoms with van der Waals surface area (Å²) in [6.45, 7) is 0.0814. The van der Waals surface area contributed by atoms with Crippen molar-refractivity contribution in [2.75, 3.05) is 31.0 Å². The van der Waals surface area contributed by atoms with E-state index in [9.17, 15) is 26.3 Å². The van der Waals surface area contributed by atoms with Gasteiger partial charge in [0.15, 0.2) is 11.5 Å². The zero-order valence-corrected chi connectivity index (χ0v) is 13.6. The van der Waals surface area contributed by atoms with Crippen LogP contribution in [0.5, 0.6) is 0 Å². The second-order valence-electron chi connectivity index (χ2n) is 5.12. The first-order chi connectivity index (χ1) is 11.6. The summed E-state index contributed by atoms with van der Waals surface area (Å²) in [6, 6.07) is 0. The maximum absolute atomic E-state index is 12.4. The zero-order valence-electron chi connectivity index (χ0n) is 12.7. The first-order valence-corrected chi connectivity index (χ1v) is 8.80. The average Bonchev–Trinajstić information content (AvgIpc) is 2.85. The number of fused-ring (bicyclic) bond motifs is 1. The minimum absolute atomic E-state index is 0.0794. The van der Waals surface area contributed by atoms with E-state index in [1.165, 1.54) is 17.2 Å². The van der Waals surface area contributed by atoms with E-state index in [1.54, 1.807) is 0 Å². The Balaban J connectivity index is 1.89. The molecule has 2 aromatic heterocycles. The van der Waals surface area contributed by atoms with E-state index >= 15 is 0 Å². The Morgan fingerprint density at radius 1 is 1.04 bits per heavy atom. The Bertz CT molecular complexity index is 687. The van der Waals surface area contributed by atoms with Crippen LogP contribution in [0.15, 0.2) is 12.7 Å². The highest BCUT2D eigenvalue weighted by Crippen LogP contribution is 2.45. The van der Waals surface area contributed by atoms with Gasteiger partial charge in [0.25, 0.3) is 0 Å². The van der Waals surface area contributed by atoms with Gasteiger partial charge < -0.3 is 15.0 Å². The van der Waals surface area contributed by atoms with E-state index in [1.807, 2.05) is 0 Å². The third-order valence-electron chi connectivity index (χ3n) is 2.99. The molecular formula is C12H14F6N5OP. The van der Waals surface area contributed by atoms with Crippen molar-refractivity contribution in [1.29, 1.82) is 0 Å². The van der Waals surface area contributed by atoms with Crippen LogP contribution < -0.4 is 5.73 Å². The second kappa shape index (κ2) is 7.69. The normalized spacial score (nSPS) is 13.1. The maximum atomic E-state index is 12.4. The molecule has 0 radical (unpaired) electrons. The third-order valence-corrected chi connectivity index (χ3v) is 5.14. The molecule has 0 spiro atoms. The van der Waals surface area contributed by atoms with Gasteiger partial charge in [-0.15, -0.1) is 0 Å². The SMILES string of the molecule is Nc1ncnc2c1ncn2CCOCP(CC(F)(F)F)CC(F)(F)F. The molecule has 0 atom stereocenters. The molecule has 0 bridgehead atoms. The molecule has 0 aliphatic heterocycles. The summed E-state index contributed by atoms with van der Waals surface area (Å²) in [4.78, 5) is 11.7. The van der Waals surface area contributed by atoms with Crippen molar-refractivity contribution >= 4 is 24.9 Å². The number of nitrogen functional groups attached to an aromatic ring is 1. The lowest BCUT2D eigenvalue weighted by Crippen LogP contribution is -2.22. The lowest BCUT2D eigenvalue weighted by molar-refractivity contribution is -0.112. The van der Waals surface area contributed by atoms with Crippen LogP contribution in [0.1, 0.15) is 0 Å². The number of halogens is 6. The summed E-state index contributed by atoms with van der Waals surface area (Å²) >= 11 is 0. The van der Waals surface area contributed by atoms with E-state index in [-0.39, 0.29) is 19.0 Å². The predicted octanol–water partition coefficient (Wildman–Crippen LogP) is 2.99. The topological polar surface area (TPSA) is 78.9 Å². The van der Waals surface area contributed by atoms with Gasteiger partial charge in [0.2, 0.25) is 0 Å². The van der Waals surface area contributed by atoms with Gasteiger partial charge in [-0.05, 0) is 0 Å². The molecule has 140 valence electrons. The first kappa shape index (κ1) is 19.6. The number of ether oxygens (including phenoxy) is 1. The Labute approximate surface area is 139 Å². The van der Waals surface area contributed by atoms with Gasteiger partial charge in [-0.25, -0.2) is 15.0 Å². The Hall–Kier alpha value is -1.68. The van der Waals surface area contributed by atoms with Gasteiger partial charge in [-0.1, -0.05) is 7.92 Å². The van der Waals surface area contributed by atoms with E-state index in [4.69, 9.17) is 10.5 Å². The van der Waals surface area contributed by atoms with Crippen LogP contribution in [0.4, 0.5) is 32.2 Å². The number of hydrogen-bond donors (Lipinski definition) is 1. The molecule has 0 aliphatic carbocycles. The van der Waals surface area contributed by atoms with E-state index < -0.39 is 38.9 Å². The lowest BCUT2D eigenvalue weighted by atomic mass is 10.5. The standard InChI is InChI=1S/C12H14F6N5OP/c13-11(14,15)3-25(4-12(16,17)18)7-24-2-1-23-6-22-8-9(19)20-5-21-10(8)23/h5-6H,1-4,7H2,(H2,19,20,21). The number of anilines is 1. The van der Waals surface area contributed by atoms with Crippen molar-refractivity contribution in [3.63, 3.8) is 0 Å². The van der Waals surface area contributed by atoms with Crippen molar-refractivity contribution in [2.45, 2.75) is 18.9 Å². The van der Waals surface area contributed by atoms with Crippen LogP contribution in [0.2, 0.25) is 0 Å². The zero-order chi connectivity index (χ0) is 18.7. The van der Waals surface area contributed by atoms with E-state index in [0.717, 1.165) is 0 Å². The Kier molecular flexibility index (Phi) is 6.04. The molecule has 6 nitrogen and oxygen atoms in total. The van der Waals surface area contributed by atoms with Gasteiger partial charge in [-0.2, -0.15) is 26.3 Å². The maximum Gasteiger partial charge on any atom is 0.392 e. The third kappa shape index (κ3) is 6.28. The first-order valence-electron chi connectivity index (χ1n) is 6.90. The second-order valence-corrected chi connectivity index (χ2v) is 7.36. The molecule has 2 N–H and O–H groups in total. The largest absolute Gasteiger partial charge is 0.392 e.